The minimum atomic E-state index is -0.444. The topological polar surface area (TPSA) is 302 Å². The minimum absolute atomic E-state index is 0.0319. The van der Waals surface area contributed by atoms with Crippen LogP contribution in [0.25, 0.3) is 0 Å². The zero-order valence-corrected chi connectivity index (χ0v) is 52.8. The van der Waals surface area contributed by atoms with Gasteiger partial charge in [0.15, 0.2) is 54.5 Å². The fourth-order valence-corrected chi connectivity index (χ4v) is 13.8. The molecule has 0 radical (unpaired) electrons. The molecule has 0 saturated carbocycles. The lowest BCUT2D eigenvalue weighted by molar-refractivity contribution is -0.119. The molecule has 6 N–H and O–H groups in total. The average molecular weight is 1320 g/mol. The van der Waals surface area contributed by atoms with E-state index in [9.17, 15) is 34.0 Å². The van der Waals surface area contributed by atoms with Gasteiger partial charge in [0.25, 0.3) is 17.7 Å². The highest BCUT2D eigenvalue weighted by Crippen LogP contribution is 2.36. The fraction of sp³-hybridized carbons (Fsp3) is 0.403. The van der Waals surface area contributed by atoms with Crippen LogP contribution in [0.5, 0.6) is 17.2 Å². The van der Waals surface area contributed by atoms with E-state index in [2.05, 4.69) is 71.1 Å². The van der Waals surface area contributed by atoms with E-state index in [1.807, 2.05) is 36.4 Å². The van der Waals surface area contributed by atoms with Gasteiger partial charge in [0.05, 0.1) is 31.3 Å². The predicted molar refractivity (Wildman–Crippen MR) is 347 cm³/mol. The summed E-state index contributed by atoms with van der Waals surface area (Å²) < 4.78 is 32.4. The first kappa shape index (κ1) is 63.4. The van der Waals surface area contributed by atoms with Gasteiger partial charge in [-0.3, -0.25) is 29.1 Å². The van der Waals surface area contributed by atoms with Crippen LogP contribution in [-0.4, -0.2) is 147 Å². The largest absolute Gasteiger partial charge is 0.480 e. The van der Waals surface area contributed by atoms with E-state index < -0.39 is 18.3 Å². The number of halogens is 2. The highest BCUT2D eigenvalue weighted by Gasteiger charge is 2.38. The maximum Gasteiger partial charge on any atom is 0.415 e. The minimum Gasteiger partial charge on any atom is -0.480 e. The van der Waals surface area contributed by atoms with Crippen molar-refractivity contribution in [1.29, 1.82) is 5.26 Å². The molecule has 15 rings (SSSR count). The molecule has 94 heavy (non-hydrogen) atoms. The molecule has 6 amide bonds. The average Bonchev–Trinajstić information content (AvgIpc) is 1.43. The van der Waals surface area contributed by atoms with E-state index in [4.69, 9.17) is 51.6 Å². The Hall–Kier alpha value is -9.32. The lowest BCUT2D eigenvalue weighted by atomic mass is 10.0. The number of rotatable bonds is 18. The van der Waals surface area contributed by atoms with Crippen LogP contribution >= 0.6 is 23.2 Å². The van der Waals surface area contributed by atoms with Crippen LogP contribution in [0.15, 0.2) is 91.0 Å². The summed E-state index contributed by atoms with van der Waals surface area (Å²) in [6.45, 7) is 5.25. The first-order valence-corrected chi connectivity index (χ1v) is 32.4. The number of nitrogens with zero attached hydrogens (tertiary/aromatic N) is 7. The van der Waals surface area contributed by atoms with Crippen molar-refractivity contribution in [3.05, 3.63) is 140 Å². The molecule has 0 spiro atoms. The van der Waals surface area contributed by atoms with Crippen LogP contribution in [0.1, 0.15) is 64.6 Å². The lowest BCUT2D eigenvalue weighted by Crippen LogP contribution is -2.31. The quantitative estimate of drug-likeness (QED) is 0.0354. The van der Waals surface area contributed by atoms with Crippen molar-refractivity contribution in [2.24, 2.45) is 11.8 Å². The van der Waals surface area contributed by atoms with Crippen LogP contribution in [-0.2, 0) is 67.1 Å². The van der Waals surface area contributed by atoms with Crippen molar-refractivity contribution in [1.82, 2.24) is 30.9 Å². The smallest absolute Gasteiger partial charge is 0.415 e. The van der Waals surface area contributed by atoms with Gasteiger partial charge >= 0.3 is 18.3 Å². The molecule has 25 nitrogen and oxygen atoms in total. The Labute approximate surface area is 551 Å². The lowest BCUT2D eigenvalue weighted by Gasteiger charge is -2.19. The molecule has 6 aromatic rings. The molecule has 3 fully saturated rings. The van der Waals surface area contributed by atoms with Gasteiger partial charge in [-0.2, -0.15) is 5.26 Å². The summed E-state index contributed by atoms with van der Waals surface area (Å²) in [6.07, 6.45) is 7.03. The number of cyclic esters (lactones) is 3. The number of aromatic nitrogens is 3. The van der Waals surface area contributed by atoms with Crippen molar-refractivity contribution in [3.8, 4) is 23.3 Å². The van der Waals surface area contributed by atoms with Crippen molar-refractivity contribution < 1.29 is 57.2 Å². The molecule has 0 bridgehead atoms. The zero-order chi connectivity index (χ0) is 64.8. The number of nitriles is 1. The Morgan fingerprint density at radius 2 is 0.904 bits per heavy atom. The molecule has 3 aliphatic carbocycles. The molecule has 6 aliphatic heterocycles. The number of amides is 6. The number of ether oxygens (including phenoxy) is 6. The van der Waals surface area contributed by atoms with Gasteiger partial charge in [0.2, 0.25) is 0 Å². The normalized spacial score (nSPS) is 21.7. The Morgan fingerprint density at radius 1 is 0.489 bits per heavy atom. The second-order valence-electron chi connectivity index (χ2n) is 24.5. The standard InChI is InChI=1S/C23H23N5O4.2C22H23ClN4O4/c24-10-16-3-1-2-15-8-14(9-18(15)16)11-25-7-6-17-12-28(23(30)32-17)20-5-4-19-22(26-20)27-21(29)13-31-19;23-17-5-1-3-13-9-14(10-16(13)17)24-8-2-4-15-11-27(22(29)31-15)19-7-6-18-21(25-19)26-20(28)12-30-18;23-17-3-1-2-14-8-13(9-16(14)17)10-24-7-6-15-11-27(22(29)31-15)19-5-4-18-21(25-19)26-20(28)12-30-18/h1-5,14,17,25H,6-9,11-13H2,(H,26,27,29);1,3,5-7,14-15,24H,2,4,8-12H2,(H,25,26,28);1-5,13,15,24H,6-12H2,(H,25,26,28). The molecule has 3 saturated heterocycles. The number of fused-ring (bicyclic) bond motifs is 6. The van der Waals surface area contributed by atoms with E-state index >= 15 is 0 Å². The van der Waals surface area contributed by atoms with E-state index in [0.717, 1.165) is 99.7 Å². The van der Waals surface area contributed by atoms with E-state index in [1.54, 1.807) is 36.4 Å². The Bertz CT molecular complexity index is 3810. The van der Waals surface area contributed by atoms with Crippen LogP contribution in [0.2, 0.25) is 10.0 Å². The number of pyridine rings is 3. The molecule has 6 unspecified atom stereocenters. The molecule has 6 atom stereocenters. The molecule has 488 valence electrons. The summed E-state index contributed by atoms with van der Waals surface area (Å²) in [5, 5.41) is 29.5. The van der Waals surface area contributed by atoms with Crippen LogP contribution in [0, 0.1) is 23.2 Å². The number of hydrogen-bond donors (Lipinski definition) is 6. The monoisotopic (exact) mass is 1320 g/mol. The van der Waals surface area contributed by atoms with E-state index in [1.165, 1.54) is 48.1 Å². The van der Waals surface area contributed by atoms with Gasteiger partial charge in [0, 0.05) is 16.1 Å². The number of benzene rings is 3. The summed E-state index contributed by atoms with van der Waals surface area (Å²) in [6, 6.07) is 31.0. The second-order valence-corrected chi connectivity index (χ2v) is 25.3. The predicted octanol–water partition coefficient (Wildman–Crippen LogP) is 7.72. The third-order valence-electron chi connectivity index (χ3n) is 17.9. The molecule has 3 aromatic carbocycles. The van der Waals surface area contributed by atoms with E-state index in [-0.39, 0.29) is 55.9 Å². The number of carbonyl (C=O) groups is 6. The van der Waals surface area contributed by atoms with Crippen LogP contribution in [0.3, 0.4) is 0 Å². The van der Waals surface area contributed by atoms with Crippen molar-refractivity contribution in [2.75, 3.05) is 103 Å². The van der Waals surface area contributed by atoms with Gasteiger partial charge in [-0.25, -0.2) is 29.3 Å². The van der Waals surface area contributed by atoms with Gasteiger partial charge in [-0.05, 0) is 197 Å². The number of nitrogens with one attached hydrogen (secondary N) is 6. The van der Waals surface area contributed by atoms with Crippen LogP contribution in [0.4, 0.5) is 49.3 Å². The zero-order valence-electron chi connectivity index (χ0n) is 51.3. The Kier molecular flexibility index (Phi) is 19.2. The molecular formula is C67H69Cl2N13O12. The summed E-state index contributed by atoms with van der Waals surface area (Å²) >= 11 is 12.6. The molecule has 9 heterocycles. The maximum atomic E-state index is 12.3. The van der Waals surface area contributed by atoms with Gasteiger partial charge < -0.3 is 60.3 Å². The Balaban J connectivity index is 0.000000128. The van der Waals surface area contributed by atoms with Gasteiger partial charge in [-0.1, -0.05) is 59.6 Å². The third-order valence-corrected chi connectivity index (χ3v) is 18.6. The van der Waals surface area contributed by atoms with Crippen molar-refractivity contribution >= 4 is 94.1 Å². The van der Waals surface area contributed by atoms with E-state index in [0.29, 0.717) is 103 Å². The SMILES string of the molecule is N#Cc1cccc2c1CC(CNCCC1CN(c3ccc4c(n3)NC(=O)CO4)C(=O)O1)C2.O=C1COc2ccc(N3CC(CCCNC4Cc5cccc(Cl)c5C4)OC3=O)nc2N1.O=C1COc2ccc(N3CC(CCNCC4Cc5cccc(Cl)c5C4)OC3=O)nc2N1. The molecular weight excluding hydrogens is 1250 g/mol. The third kappa shape index (κ3) is 14.7. The first-order valence-electron chi connectivity index (χ1n) is 31.7. The molecule has 9 aliphatic rings. The van der Waals surface area contributed by atoms with Gasteiger partial charge in [0.1, 0.15) is 35.8 Å². The summed E-state index contributed by atoms with van der Waals surface area (Å²) in [5.74, 6) is 3.94. The second kappa shape index (κ2) is 28.5. The summed E-state index contributed by atoms with van der Waals surface area (Å²) in [4.78, 5) is 89.0. The first-order chi connectivity index (χ1) is 45.7. The highest BCUT2D eigenvalue weighted by atomic mass is 35.5. The number of hydrogen-bond acceptors (Lipinski definition) is 19. The number of anilines is 6. The summed E-state index contributed by atoms with van der Waals surface area (Å²) in [5.41, 5.74) is 8.43. The maximum absolute atomic E-state index is 12.3. The fourth-order valence-electron chi connectivity index (χ4n) is 13.2. The summed E-state index contributed by atoms with van der Waals surface area (Å²) in [7, 11) is 0. The molecule has 3 aromatic heterocycles. The van der Waals surface area contributed by atoms with Crippen molar-refractivity contribution in [2.45, 2.75) is 88.6 Å². The van der Waals surface area contributed by atoms with Gasteiger partial charge in [-0.15, -0.1) is 0 Å². The Morgan fingerprint density at radius 3 is 1.35 bits per heavy atom. The molecule has 27 heteroatoms. The van der Waals surface area contributed by atoms with Crippen LogP contribution < -0.4 is 60.8 Å². The number of carbonyl (C=O) groups excluding carboxylic acids is 6. The highest BCUT2D eigenvalue weighted by molar-refractivity contribution is 6.31. The van der Waals surface area contributed by atoms with Crippen molar-refractivity contribution in [3.63, 3.8) is 0 Å².